The zero-order valence-corrected chi connectivity index (χ0v) is 21.5. The van der Waals surface area contributed by atoms with Crippen molar-refractivity contribution >= 4 is 28.0 Å². The summed E-state index contributed by atoms with van der Waals surface area (Å²) in [5.41, 5.74) is 6.51. The molecule has 1 saturated carbocycles. The molecule has 0 radical (unpaired) electrons. The molecule has 0 spiro atoms. The highest BCUT2D eigenvalue weighted by molar-refractivity contribution is 6.01. The van der Waals surface area contributed by atoms with Crippen LogP contribution in [-0.4, -0.2) is 20.4 Å². The number of rotatable bonds is 5. The summed E-state index contributed by atoms with van der Waals surface area (Å²) >= 11 is 0. The minimum Gasteiger partial charge on any atom is -0.340 e. The molecule has 0 aliphatic heterocycles. The van der Waals surface area contributed by atoms with Gasteiger partial charge in [-0.05, 0) is 50.5 Å². The fourth-order valence-electron chi connectivity index (χ4n) is 5.69. The van der Waals surface area contributed by atoms with Crippen molar-refractivity contribution in [3.63, 3.8) is 0 Å². The lowest BCUT2D eigenvalue weighted by atomic mass is 9.88. The zero-order chi connectivity index (χ0) is 25.4. The van der Waals surface area contributed by atoms with E-state index in [0.717, 1.165) is 47.4 Å². The minimum absolute atomic E-state index is 0.0940. The Labute approximate surface area is 217 Å². The molecule has 0 bridgehead atoms. The second-order valence-corrected chi connectivity index (χ2v) is 10.3. The number of para-hydroxylation sites is 2. The van der Waals surface area contributed by atoms with Crippen LogP contribution in [0, 0.1) is 13.8 Å². The van der Waals surface area contributed by atoms with Crippen LogP contribution in [0.25, 0.3) is 21.8 Å². The van der Waals surface area contributed by atoms with Crippen molar-refractivity contribution in [1.82, 2.24) is 14.2 Å². The van der Waals surface area contributed by atoms with Gasteiger partial charge in [-0.2, -0.15) is 9.78 Å². The van der Waals surface area contributed by atoms with E-state index < -0.39 is 0 Å². The van der Waals surface area contributed by atoms with Gasteiger partial charge in [-0.3, -0.25) is 4.79 Å². The molecule has 5 heteroatoms. The van der Waals surface area contributed by atoms with Crippen LogP contribution in [0.4, 0.5) is 0 Å². The third-order valence-electron chi connectivity index (χ3n) is 7.79. The Morgan fingerprint density at radius 2 is 1.59 bits per heavy atom. The molecule has 0 saturated heterocycles. The average Bonchev–Trinajstić information content (AvgIpc) is 3.20. The van der Waals surface area contributed by atoms with Crippen LogP contribution >= 0.6 is 0 Å². The van der Waals surface area contributed by atoms with E-state index in [1.165, 1.54) is 35.9 Å². The van der Waals surface area contributed by atoms with Crippen LogP contribution in [0.5, 0.6) is 0 Å². The minimum atomic E-state index is -0.0940. The molecular weight excluding hydrogens is 456 g/mol. The number of aryl methyl sites for hydroxylation is 1. The smallest absolute Gasteiger partial charge is 0.282 e. The maximum Gasteiger partial charge on any atom is 0.282 e. The summed E-state index contributed by atoms with van der Waals surface area (Å²) in [7, 11) is 0. The molecule has 5 aromatic rings. The number of fused-ring (bicyclic) bond motifs is 2. The normalized spacial score (nSPS) is 14.8. The Kier molecular flexibility index (Phi) is 6.21. The monoisotopic (exact) mass is 488 g/mol. The highest BCUT2D eigenvalue weighted by atomic mass is 16.1. The van der Waals surface area contributed by atoms with Gasteiger partial charge in [0.05, 0.1) is 17.1 Å². The number of nitrogens with zero attached hydrogens (tertiary/aromatic N) is 4. The molecule has 2 heterocycles. The van der Waals surface area contributed by atoms with E-state index in [0.29, 0.717) is 5.39 Å². The van der Waals surface area contributed by atoms with Crippen LogP contribution < -0.4 is 5.56 Å². The SMILES string of the molecule is Cc1ccc(Cn2c(C)c(C=Nn3c(C4CCCCC4)nc4ccccc4c3=O)c3ccccc32)cc1. The van der Waals surface area contributed by atoms with Gasteiger partial charge in [0.2, 0.25) is 0 Å². The van der Waals surface area contributed by atoms with Crippen molar-refractivity contribution in [2.45, 2.75) is 58.4 Å². The molecule has 2 aromatic heterocycles. The van der Waals surface area contributed by atoms with Gasteiger partial charge in [0.15, 0.2) is 0 Å². The summed E-state index contributed by atoms with van der Waals surface area (Å²) in [6.45, 7) is 5.03. The first-order valence-corrected chi connectivity index (χ1v) is 13.3. The van der Waals surface area contributed by atoms with E-state index >= 15 is 0 Å². The van der Waals surface area contributed by atoms with Crippen LogP contribution in [-0.2, 0) is 6.54 Å². The predicted molar refractivity (Wildman–Crippen MR) is 152 cm³/mol. The molecule has 0 N–H and O–H groups in total. The Morgan fingerprint density at radius 3 is 2.38 bits per heavy atom. The number of aromatic nitrogens is 3. The molecule has 1 fully saturated rings. The Morgan fingerprint density at radius 1 is 0.892 bits per heavy atom. The van der Waals surface area contributed by atoms with Gasteiger partial charge in [0, 0.05) is 34.6 Å². The largest absolute Gasteiger partial charge is 0.340 e. The molecule has 1 aliphatic carbocycles. The lowest BCUT2D eigenvalue weighted by molar-refractivity contribution is 0.416. The molecule has 6 rings (SSSR count). The summed E-state index contributed by atoms with van der Waals surface area (Å²) < 4.78 is 3.91. The van der Waals surface area contributed by atoms with Crippen molar-refractivity contribution in [1.29, 1.82) is 0 Å². The first-order chi connectivity index (χ1) is 18.1. The summed E-state index contributed by atoms with van der Waals surface area (Å²) in [4.78, 5) is 18.6. The summed E-state index contributed by atoms with van der Waals surface area (Å²) in [6, 6.07) is 24.7. The maximum absolute atomic E-state index is 13.6. The molecule has 186 valence electrons. The highest BCUT2D eigenvalue weighted by Gasteiger charge is 2.22. The van der Waals surface area contributed by atoms with Gasteiger partial charge in [-0.1, -0.05) is 79.4 Å². The standard InChI is InChI=1S/C32H32N4O/c1-22-16-18-24(19-17-22)21-35-23(2)28(26-12-7-9-15-30(26)35)20-33-36-31(25-10-4-3-5-11-25)34-29-14-8-6-13-27(29)32(36)37/h6-9,12-20,25H,3-5,10-11,21H2,1-2H3. The van der Waals surface area contributed by atoms with Gasteiger partial charge in [-0.15, -0.1) is 0 Å². The van der Waals surface area contributed by atoms with E-state index in [2.05, 4.69) is 66.9 Å². The van der Waals surface area contributed by atoms with Crippen LogP contribution in [0.1, 0.15) is 66.2 Å². The van der Waals surface area contributed by atoms with Gasteiger partial charge in [0.1, 0.15) is 5.82 Å². The molecule has 3 aromatic carbocycles. The molecule has 37 heavy (non-hydrogen) atoms. The van der Waals surface area contributed by atoms with Crippen LogP contribution in [0.2, 0.25) is 0 Å². The van der Waals surface area contributed by atoms with E-state index in [-0.39, 0.29) is 11.5 Å². The van der Waals surface area contributed by atoms with Crippen LogP contribution in [0.15, 0.2) is 82.7 Å². The Hall–Kier alpha value is -3.99. The van der Waals surface area contributed by atoms with E-state index in [1.54, 1.807) is 4.68 Å². The van der Waals surface area contributed by atoms with Gasteiger partial charge in [0.25, 0.3) is 5.56 Å². The van der Waals surface area contributed by atoms with Gasteiger partial charge in [-0.25, -0.2) is 4.98 Å². The molecule has 1 aliphatic rings. The molecule has 0 unspecified atom stereocenters. The van der Waals surface area contributed by atoms with Crippen molar-refractivity contribution in [3.05, 3.63) is 111 Å². The predicted octanol–water partition coefficient (Wildman–Crippen LogP) is 6.95. The van der Waals surface area contributed by atoms with Crippen molar-refractivity contribution in [2.24, 2.45) is 5.10 Å². The van der Waals surface area contributed by atoms with Crippen molar-refractivity contribution < 1.29 is 0 Å². The van der Waals surface area contributed by atoms with Crippen molar-refractivity contribution in [2.75, 3.05) is 0 Å². The number of benzene rings is 3. The second-order valence-electron chi connectivity index (χ2n) is 10.3. The lowest BCUT2D eigenvalue weighted by Crippen LogP contribution is -2.25. The Bertz CT molecular complexity index is 1670. The fraction of sp³-hybridized carbons (Fsp3) is 0.281. The number of hydrogen-bond acceptors (Lipinski definition) is 3. The van der Waals surface area contributed by atoms with Crippen LogP contribution in [0.3, 0.4) is 0 Å². The first-order valence-electron chi connectivity index (χ1n) is 13.3. The van der Waals surface area contributed by atoms with E-state index in [1.807, 2.05) is 30.5 Å². The Balaban J connectivity index is 1.48. The fourth-order valence-corrected chi connectivity index (χ4v) is 5.69. The zero-order valence-electron chi connectivity index (χ0n) is 21.5. The highest BCUT2D eigenvalue weighted by Crippen LogP contribution is 2.32. The van der Waals surface area contributed by atoms with Gasteiger partial charge < -0.3 is 4.57 Å². The number of hydrogen-bond donors (Lipinski definition) is 0. The van der Waals surface area contributed by atoms with E-state index in [4.69, 9.17) is 10.1 Å². The lowest BCUT2D eigenvalue weighted by Gasteiger charge is -2.22. The summed E-state index contributed by atoms with van der Waals surface area (Å²) in [5.74, 6) is 1.05. The molecule has 5 nitrogen and oxygen atoms in total. The summed E-state index contributed by atoms with van der Waals surface area (Å²) in [5, 5.41) is 6.59. The molecule has 0 amide bonds. The summed E-state index contributed by atoms with van der Waals surface area (Å²) in [6.07, 6.45) is 7.56. The second kappa shape index (κ2) is 9.81. The van der Waals surface area contributed by atoms with Gasteiger partial charge >= 0.3 is 0 Å². The topological polar surface area (TPSA) is 52.2 Å². The maximum atomic E-state index is 13.6. The molecule has 0 atom stereocenters. The van der Waals surface area contributed by atoms with Crippen molar-refractivity contribution in [3.8, 4) is 0 Å². The first kappa shape index (κ1) is 23.4. The molecular formula is C32H32N4O. The van der Waals surface area contributed by atoms with E-state index in [9.17, 15) is 4.79 Å². The average molecular weight is 489 g/mol. The quantitative estimate of drug-likeness (QED) is 0.252. The third-order valence-corrected chi connectivity index (χ3v) is 7.79. The third kappa shape index (κ3) is 4.39.